The Labute approximate surface area is 265 Å². The molecule has 2 aromatic carbocycles. The van der Waals surface area contributed by atoms with Gasteiger partial charge in [0.15, 0.2) is 23.6 Å². The lowest BCUT2D eigenvalue weighted by Crippen LogP contribution is -2.62. The maximum Gasteiger partial charge on any atom is 0.229 e. The fourth-order valence-electron chi connectivity index (χ4n) is 5.82. The standard InChI is InChI=1S/C31H40O15/c1-13-24(34)26(36)28(40-4)30(43-13)42-12-22-25(35)27(37)29(41-5)31(46-22)44-15-9-16(32)23-17(33)11-19(45-21(23)10-15)14-6-7-18(38-2)20(8-14)39-3/h6-10,13,19,22,24-32,34-37H,11-12H2,1-5H3/t13-,19?,22+,24-,25+,26+,27-,28+,29+,30+,31+/m0/s1. The van der Waals surface area contributed by atoms with E-state index in [0.717, 1.165) is 0 Å². The van der Waals surface area contributed by atoms with Gasteiger partial charge in [0.1, 0.15) is 71.6 Å². The van der Waals surface area contributed by atoms with Crippen molar-refractivity contribution in [3.63, 3.8) is 0 Å². The number of phenolic OH excluding ortho intramolecular Hbond substituents is 1. The maximum absolute atomic E-state index is 13.1. The minimum absolute atomic E-state index is 0.0135. The normalized spacial score (nSPS) is 34.4. The topological polar surface area (TPSA) is 201 Å². The van der Waals surface area contributed by atoms with E-state index in [1.807, 2.05) is 0 Å². The second kappa shape index (κ2) is 14.3. The third-order valence-corrected chi connectivity index (χ3v) is 8.40. The molecule has 3 aliphatic heterocycles. The quantitative estimate of drug-likeness (QED) is 0.237. The number of aromatic hydroxyl groups is 1. The zero-order chi connectivity index (χ0) is 33.3. The second-order valence-corrected chi connectivity index (χ2v) is 11.2. The number of benzene rings is 2. The Morgan fingerprint density at radius 2 is 1.50 bits per heavy atom. The van der Waals surface area contributed by atoms with E-state index in [0.29, 0.717) is 17.1 Å². The van der Waals surface area contributed by atoms with Gasteiger partial charge in [0, 0.05) is 26.4 Å². The van der Waals surface area contributed by atoms with E-state index in [9.17, 15) is 30.3 Å². The third-order valence-electron chi connectivity index (χ3n) is 8.40. The molecule has 0 radical (unpaired) electrons. The Balaban J connectivity index is 1.33. The van der Waals surface area contributed by atoms with Crippen LogP contribution in [0.25, 0.3) is 0 Å². The first kappa shape index (κ1) is 34.1. The van der Waals surface area contributed by atoms with Gasteiger partial charge in [0.05, 0.1) is 33.4 Å². The van der Waals surface area contributed by atoms with Gasteiger partial charge in [-0.2, -0.15) is 0 Å². The average molecular weight is 653 g/mol. The number of rotatable bonds is 10. The molecule has 15 heteroatoms. The summed E-state index contributed by atoms with van der Waals surface area (Å²) >= 11 is 0. The van der Waals surface area contributed by atoms with Crippen LogP contribution in [0.3, 0.4) is 0 Å². The minimum atomic E-state index is -1.49. The number of hydrogen-bond acceptors (Lipinski definition) is 15. The first-order chi connectivity index (χ1) is 22.0. The third kappa shape index (κ3) is 6.60. The van der Waals surface area contributed by atoms with Crippen molar-refractivity contribution in [3.05, 3.63) is 41.5 Å². The van der Waals surface area contributed by atoms with E-state index in [-0.39, 0.29) is 41.6 Å². The van der Waals surface area contributed by atoms with E-state index < -0.39 is 67.5 Å². The lowest BCUT2D eigenvalue weighted by Gasteiger charge is -2.43. The summed E-state index contributed by atoms with van der Waals surface area (Å²) in [5, 5.41) is 53.0. The number of methoxy groups -OCH3 is 4. The molecule has 11 atom stereocenters. The van der Waals surface area contributed by atoms with Crippen LogP contribution in [-0.2, 0) is 23.7 Å². The number of carbonyl (C=O) groups is 1. The Kier molecular flexibility index (Phi) is 10.6. The molecule has 15 nitrogen and oxygen atoms in total. The maximum atomic E-state index is 13.1. The van der Waals surface area contributed by atoms with Crippen molar-refractivity contribution < 1.29 is 73.0 Å². The molecule has 0 aromatic heterocycles. The van der Waals surface area contributed by atoms with Crippen molar-refractivity contribution in [2.75, 3.05) is 35.0 Å². The van der Waals surface area contributed by atoms with Crippen LogP contribution < -0.4 is 18.9 Å². The first-order valence-corrected chi connectivity index (χ1v) is 14.7. The van der Waals surface area contributed by atoms with Crippen LogP contribution in [0.1, 0.15) is 35.4 Å². The van der Waals surface area contributed by atoms with Crippen LogP contribution in [-0.4, -0.2) is 128 Å². The van der Waals surface area contributed by atoms with Crippen LogP contribution in [0.4, 0.5) is 0 Å². The minimum Gasteiger partial charge on any atom is -0.507 e. The number of hydrogen-bond donors (Lipinski definition) is 5. The molecule has 3 aliphatic rings. The van der Waals surface area contributed by atoms with E-state index in [2.05, 4.69) is 0 Å². The summed E-state index contributed by atoms with van der Waals surface area (Å²) in [7, 11) is 5.62. The summed E-state index contributed by atoms with van der Waals surface area (Å²) in [6.07, 6.45) is -12.8. The van der Waals surface area contributed by atoms with Gasteiger partial charge in [-0.05, 0) is 24.6 Å². The highest BCUT2D eigenvalue weighted by Crippen LogP contribution is 2.43. The van der Waals surface area contributed by atoms with Crippen molar-refractivity contribution in [3.8, 4) is 28.7 Å². The first-order valence-electron chi connectivity index (χ1n) is 14.7. The molecule has 3 heterocycles. The van der Waals surface area contributed by atoms with Gasteiger partial charge in [-0.25, -0.2) is 0 Å². The summed E-state index contributed by atoms with van der Waals surface area (Å²) in [5.41, 5.74) is 0.631. The fraction of sp³-hybridized carbons (Fsp3) is 0.581. The molecule has 0 aliphatic carbocycles. The lowest BCUT2D eigenvalue weighted by molar-refractivity contribution is -0.322. The molecule has 46 heavy (non-hydrogen) atoms. The summed E-state index contributed by atoms with van der Waals surface area (Å²) in [5.74, 6) is 0.310. The van der Waals surface area contributed by atoms with E-state index in [4.69, 9.17) is 42.6 Å². The monoisotopic (exact) mass is 652 g/mol. The lowest BCUT2D eigenvalue weighted by atomic mass is 9.95. The van der Waals surface area contributed by atoms with Crippen molar-refractivity contribution in [2.45, 2.75) is 80.9 Å². The summed E-state index contributed by atoms with van der Waals surface area (Å²) in [6, 6.07) is 7.76. The molecular formula is C31H40O15. The van der Waals surface area contributed by atoms with Gasteiger partial charge >= 0.3 is 0 Å². The highest BCUT2D eigenvalue weighted by atomic mass is 16.7. The van der Waals surface area contributed by atoms with E-state index in [1.54, 1.807) is 25.1 Å². The molecule has 2 fully saturated rings. The molecule has 254 valence electrons. The number of ketones is 1. The highest BCUT2D eigenvalue weighted by Gasteiger charge is 2.48. The van der Waals surface area contributed by atoms with Gasteiger partial charge in [-0.3, -0.25) is 4.79 Å². The molecule has 0 saturated carbocycles. The van der Waals surface area contributed by atoms with Gasteiger partial charge in [-0.1, -0.05) is 6.07 Å². The Morgan fingerprint density at radius 1 is 0.826 bits per heavy atom. The van der Waals surface area contributed by atoms with Gasteiger partial charge < -0.3 is 68.2 Å². The molecule has 0 spiro atoms. The molecular weight excluding hydrogens is 612 g/mol. The molecule has 1 unspecified atom stereocenters. The smallest absolute Gasteiger partial charge is 0.229 e. The molecule has 2 aromatic rings. The zero-order valence-corrected chi connectivity index (χ0v) is 26.0. The summed E-state index contributed by atoms with van der Waals surface area (Å²) < 4.78 is 50.8. The number of aliphatic hydroxyl groups is 4. The molecule has 2 saturated heterocycles. The second-order valence-electron chi connectivity index (χ2n) is 11.2. The molecule has 5 rings (SSSR count). The predicted octanol–water partition coefficient (Wildman–Crippen LogP) is 0.455. The van der Waals surface area contributed by atoms with Crippen LogP contribution in [0, 0.1) is 0 Å². The fourth-order valence-corrected chi connectivity index (χ4v) is 5.82. The number of fused-ring (bicyclic) bond motifs is 1. The number of phenols is 1. The van der Waals surface area contributed by atoms with Crippen molar-refractivity contribution in [1.29, 1.82) is 0 Å². The Morgan fingerprint density at radius 3 is 2.17 bits per heavy atom. The van der Waals surface area contributed by atoms with E-state index >= 15 is 0 Å². The number of carbonyl (C=O) groups excluding carboxylic acids is 1. The number of ether oxygens (including phenoxy) is 9. The van der Waals surface area contributed by atoms with Crippen LogP contribution >= 0.6 is 0 Å². The Bertz CT molecular complexity index is 1370. The zero-order valence-electron chi connectivity index (χ0n) is 26.0. The van der Waals surface area contributed by atoms with Crippen molar-refractivity contribution in [2.24, 2.45) is 0 Å². The van der Waals surface area contributed by atoms with E-state index in [1.165, 1.54) is 40.6 Å². The van der Waals surface area contributed by atoms with Crippen LogP contribution in [0.5, 0.6) is 28.7 Å². The average Bonchev–Trinajstić information content (AvgIpc) is 3.04. The SMILES string of the molecule is COc1ccc(C2CC(=O)c3c(O)cc(O[C@@H]4O[C@H](CO[C@@H]5O[C@@H](C)[C@H](O)[C@@H](O)[C@H]5OC)[C@@H](O)[C@H](O)[C@H]4OC)cc3O2)cc1OC. The van der Waals surface area contributed by atoms with Crippen molar-refractivity contribution >= 4 is 5.78 Å². The predicted molar refractivity (Wildman–Crippen MR) is 155 cm³/mol. The van der Waals surface area contributed by atoms with Crippen LogP contribution in [0.2, 0.25) is 0 Å². The number of Topliss-reactive ketones (excluding diaryl/α,β-unsaturated/α-hetero) is 1. The molecule has 5 N–H and O–H groups in total. The molecule has 0 bridgehead atoms. The summed E-state index contributed by atoms with van der Waals surface area (Å²) in [6.45, 7) is 1.22. The Hall–Kier alpha value is -3.25. The van der Waals surface area contributed by atoms with Gasteiger partial charge in [0.25, 0.3) is 0 Å². The van der Waals surface area contributed by atoms with Crippen molar-refractivity contribution in [1.82, 2.24) is 0 Å². The number of aliphatic hydroxyl groups excluding tert-OH is 4. The largest absolute Gasteiger partial charge is 0.507 e. The summed E-state index contributed by atoms with van der Waals surface area (Å²) in [4.78, 5) is 13.1. The van der Waals surface area contributed by atoms with Crippen LogP contribution in [0.15, 0.2) is 30.3 Å². The van der Waals surface area contributed by atoms with Gasteiger partial charge in [0.2, 0.25) is 6.29 Å². The molecule has 0 amide bonds. The highest BCUT2D eigenvalue weighted by molar-refractivity contribution is 6.02. The van der Waals surface area contributed by atoms with Gasteiger partial charge in [-0.15, -0.1) is 0 Å².